The highest BCUT2D eigenvalue weighted by atomic mass is 19.1. The number of benzene rings is 1. The van der Waals surface area contributed by atoms with Crippen molar-refractivity contribution in [1.29, 1.82) is 0 Å². The van der Waals surface area contributed by atoms with Crippen molar-refractivity contribution in [2.24, 2.45) is 11.8 Å². The molecule has 2 aromatic rings. The smallest absolute Gasteiger partial charge is 0.123 e. The summed E-state index contributed by atoms with van der Waals surface area (Å²) in [5, 5.41) is 0. The standard InChI is InChI=1S/C19H22FN3/c20-18-6-4-15(5-7-18)9-22-10-16-12-23(13-17(16)11-22)14-19-3-1-2-8-21-19/h1-8,16-17H,9-14H2/t16-,17-/m1/s1. The highest BCUT2D eigenvalue weighted by molar-refractivity contribution is 5.16. The molecule has 0 radical (unpaired) electrons. The first kappa shape index (κ1) is 14.8. The Morgan fingerprint density at radius 3 is 2.13 bits per heavy atom. The zero-order valence-corrected chi connectivity index (χ0v) is 13.2. The van der Waals surface area contributed by atoms with Gasteiger partial charge in [-0.2, -0.15) is 0 Å². The van der Waals surface area contributed by atoms with Crippen LogP contribution in [0.15, 0.2) is 48.7 Å². The van der Waals surface area contributed by atoms with Crippen LogP contribution in [-0.2, 0) is 13.1 Å². The maximum atomic E-state index is 13.0. The van der Waals surface area contributed by atoms with Crippen LogP contribution in [0.4, 0.5) is 4.39 Å². The molecule has 0 amide bonds. The number of hydrogen-bond donors (Lipinski definition) is 0. The van der Waals surface area contributed by atoms with E-state index in [1.807, 2.05) is 24.4 Å². The Morgan fingerprint density at radius 2 is 1.52 bits per heavy atom. The largest absolute Gasteiger partial charge is 0.298 e. The Hall–Kier alpha value is -1.78. The number of likely N-dealkylation sites (tertiary alicyclic amines) is 2. The summed E-state index contributed by atoms with van der Waals surface area (Å²) in [5.41, 5.74) is 2.37. The average Bonchev–Trinajstić information content (AvgIpc) is 3.08. The average molecular weight is 311 g/mol. The van der Waals surface area contributed by atoms with E-state index in [1.165, 1.54) is 18.7 Å². The fourth-order valence-electron chi connectivity index (χ4n) is 4.01. The molecule has 2 fully saturated rings. The topological polar surface area (TPSA) is 19.4 Å². The first-order chi connectivity index (χ1) is 11.3. The van der Waals surface area contributed by atoms with Gasteiger partial charge in [0.25, 0.3) is 0 Å². The van der Waals surface area contributed by atoms with E-state index >= 15 is 0 Å². The SMILES string of the molecule is Fc1ccc(CN2C[C@@H]3CN(Cc4ccccn4)C[C@H]3C2)cc1. The normalized spacial score (nSPS) is 24.9. The van der Waals surface area contributed by atoms with E-state index in [4.69, 9.17) is 0 Å². The van der Waals surface area contributed by atoms with Crippen molar-refractivity contribution in [3.63, 3.8) is 0 Å². The molecule has 0 spiro atoms. The molecule has 0 bridgehead atoms. The molecule has 120 valence electrons. The van der Waals surface area contributed by atoms with Crippen molar-refractivity contribution < 1.29 is 4.39 Å². The van der Waals surface area contributed by atoms with E-state index in [-0.39, 0.29) is 5.82 Å². The van der Waals surface area contributed by atoms with Crippen LogP contribution in [0.5, 0.6) is 0 Å². The van der Waals surface area contributed by atoms with Gasteiger partial charge in [-0.3, -0.25) is 14.8 Å². The summed E-state index contributed by atoms with van der Waals surface area (Å²) < 4.78 is 13.0. The molecule has 4 heteroatoms. The van der Waals surface area contributed by atoms with Crippen molar-refractivity contribution in [3.8, 4) is 0 Å². The highest BCUT2D eigenvalue weighted by Crippen LogP contribution is 2.32. The second-order valence-electron chi connectivity index (χ2n) is 6.86. The van der Waals surface area contributed by atoms with E-state index in [0.29, 0.717) is 0 Å². The predicted octanol–water partition coefficient (Wildman–Crippen LogP) is 2.78. The molecule has 4 rings (SSSR count). The van der Waals surface area contributed by atoms with E-state index in [1.54, 1.807) is 12.1 Å². The molecule has 0 saturated carbocycles. The van der Waals surface area contributed by atoms with E-state index in [0.717, 1.165) is 43.7 Å². The van der Waals surface area contributed by atoms with Crippen molar-refractivity contribution in [3.05, 3.63) is 65.7 Å². The van der Waals surface area contributed by atoms with Crippen LogP contribution < -0.4 is 0 Å². The third-order valence-electron chi connectivity index (χ3n) is 5.07. The van der Waals surface area contributed by atoms with Crippen LogP contribution in [0.1, 0.15) is 11.3 Å². The quantitative estimate of drug-likeness (QED) is 0.865. The van der Waals surface area contributed by atoms with Gasteiger partial charge in [0, 0.05) is 45.5 Å². The van der Waals surface area contributed by atoms with Gasteiger partial charge >= 0.3 is 0 Å². The number of hydrogen-bond acceptors (Lipinski definition) is 3. The van der Waals surface area contributed by atoms with Crippen LogP contribution in [0.2, 0.25) is 0 Å². The van der Waals surface area contributed by atoms with Crippen molar-refractivity contribution in [2.75, 3.05) is 26.2 Å². The van der Waals surface area contributed by atoms with Crippen LogP contribution in [0.25, 0.3) is 0 Å². The highest BCUT2D eigenvalue weighted by Gasteiger charge is 2.39. The van der Waals surface area contributed by atoms with Gasteiger partial charge < -0.3 is 0 Å². The molecule has 2 aliphatic rings. The molecule has 2 atom stereocenters. The van der Waals surface area contributed by atoms with Crippen LogP contribution in [0.3, 0.4) is 0 Å². The Bertz CT molecular complexity index is 629. The zero-order valence-electron chi connectivity index (χ0n) is 13.2. The summed E-state index contributed by atoms with van der Waals surface area (Å²) in [5.74, 6) is 1.37. The van der Waals surface area contributed by atoms with Gasteiger partial charge in [-0.25, -0.2) is 4.39 Å². The summed E-state index contributed by atoms with van der Waals surface area (Å²) in [4.78, 5) is 9.48. The Morgan fingerprint density at radius 1 is 0.870 bits per heavy atom. The predicted molar refractivity (Wildman–Crippen MR) is 88.2 cm³/mol. The van der Waals surface area contributed by atoms with Crippen molar-refractivity contribution in [1.82, 2.24) is 14.8 Å². The molecule has 0 unspecified atom stereocenters. The second-order valence-corrected chi connectivity index (χ2v) is 6.86. The lowest BCUT2D eigenvalue weighted by Crippen LogP contribution is -2.28. The molecule has 2 aliphatic heterocycles. The van der Waals surface area contributed by atoms with E-state index in [2.05, 4.69) is 26.9 Å². The number of aromatic nitrogens is 1. The zero-order chi connectivity index (χ0) is 15.6. The lowest BCUT2D eigenvalue weighted by atomic mass is 10.0. The number of pyridine rings is 1. The Kier molecular flexibility index (Phi) is 4.10. The summed E-state index contributed by atoms with van der Waals surface area (Å²) in [6.45, 7) is 6.54. The first-order valence-corrected chi connectivity index (χ1v) is 8.35. The molecule has 23 heavy (non-hydrogen) atoms. The molecular weight excluding hydrogens is 289 g/mol. The van der Waals surface area contributed by atoms with Gasteiger partial charge in [0.2, 0.25) is 0 Å². The molecule has 1 aromatic heterocycles. The van der Waals surface area contributed by atoms with Gasteiger partial charge in [0.05, 0.1) is 5.69 Å². The maximum absolute atomic E-state index is 13.0. The molecule has 0 N–H and O–H groups in total. The Labute approximate surface area is 136 Å². The van der Waals surface area contributed by atoms with Crippen molar-refractivity contribution >= 4 is 0 Å². The number of halogens is 1. The maximum Gasteiger partial charge on any atom is 0.123 e. The van der Waals surface area contributed by atoms with Gasteiger partial charge in [0.15, 0.2) is 0 Å². The monoisotopic (exact) mass is 311 g/mol. The molecule has 1 aromatic carbocycles. The number of nitrogens with zero attached hydrogens (tertiary/aromatic N) is 3. The lowest BCUT2D eigenvalue weighted by Gasteiger charge is -2.21. The summed E-state index contributed by atoms with van der Waals surface area (Å²) in [6.07, 6.45) is 1.87. The first-order valence-electron chi connectivity index (χ1n) is 8.35. The van der Waals surface area contributed by atoms with Crippen LogP contribution >= 0.6 is 0 Å². The minimum Gasteiger partial charge on any atom is -0.298 e. The second kappa shape index (κ2) is 6.38. The Balaban J connectivity index is 1.30. The number of rotatable bonds is 4. The molecule has 0 aliphatic carbocycles. The number of fused-ring (bicyclic) bond motifs is 1. The van der Waals surface area contributed by atoms with Gasteiger partial charge in [-0.1, -0.05) is 18.2 Å². The van der Waals surface area contributed by atoms with Crippen molar-refractivity contribution in [2.45, 2.75) is 13.1 Å². The van der Waals surface area contributed by atoms with E-state index < -0.39 is 0 Å². The third-order valence-corrected chi connectivity index (χ3v) is 5.07. The molecule has 3 nitrogen and oxygen atoms in total. The van der Waals surface area contributed by atoms with Gasteiger partial charge in [-0.15, -0.1) is 0 Å². The third kappa shape index (κ3) is 3.43. The molecule has 3 heterocycles. The van der Waals surface area contributed by atoms with Crippen LogP contribution in [0, 0.1) is 17.7 Å². The summed E-state index contributed by atoms with van der Waals surface area (Å²) in [7, 11) is 0. The van der Waals surface area contributed by atoms with Gasteiger partial charge in [-0.05, 0) is 41.7 Å². The minimum atomic E-state index is -0.155. The van der Waals surface area contributed by atoms with Crippen LogP contribution in [-0.4, -0.2) is 41.0 Å². The lowest BCUT2D eigenvalue weighted by molar-refractivity contribution is 0.245. The summed E-state index contributed by atoms with van der Waals surface area (Å²) >= 11 is 0. The fourth-order valence-corrected chi connectivity index (χ4v) is 4.01. The summed E-state index contributed by atoms with van der Waals surface area (Å²) in [6, 6.07) is 13.0. The fraction of sp³-hybridized carbons (Fsp3) is 0.421. The molecule has 2 saturated heterocycles. The van der Waals surface area contributed by atoms with Gasteiger partial charge in [0.1, 0.15) is 5.82 Å². The minimum absolute atomic E-state index is 0.155. The van der Waals surface area contributed by atoms with E-state index in [9.17, 15) is 4.39 Å². The molecular formula is C19H22FN3.